The standard InChI is InChI=1S/C19H17FN2O6/c1-27-19(24)14-8-13(9-16(10-14)22(25)26)18(23)21-6-7-28-17(11-21)12-2-4-15(20)5-3-12/h2-5,8-10,17H,6-7,11H2,1H3. The number of esters is 1. The first-order valence-electron chi connectivity index (χ1n) is 8.43. The number of amides is 1. The number of ether oxygens (including phenoxy) is 2. The molecule has 1 amide bonds. The molecule has 1 atom stereocenters. The van der Waals surface area contributed by atoms with Gasteiger partial charge in [-0.3, -0.25) is 14.9 Å². The van der Waals surface area contributed by atoms with E-state index in [2.05, 4.69) is 4.74 Å². The van der Waals surface area contributed by atoms with Crippen LogP contribution in [0.15, 0.2) is 42.5 Å². The summed E-state index contributed by atoms with van der Waals surface area (Å²) in [6, 6.07) is 9.22. The maximum absolute atomic E-state index is 13.1. The first kappa shape index (κ1) is 19.4. The Balaban J connectivity index is 1.86. The summed E-state index contributed by atoms with van der Waals surface area (Å²) in [4.78, 5) is 36.7. The summed E-state index contributed by atoms with van der Waals surface area (Å²) < 4.78 is 23.4. The number of hydrogen-bond acceptors (Lipinski definition) is 6. The van der Waals surface area contributed by atoms with E-state index in [1.54, 1.807) is 12.1 Å². The van der Waals surface area contributed by atoms with Crippen LogP contribution in [0, 0.1) is 15.9 Å². The number of non-ortho nitro benzene ring substituents is 1. The third-order valence-electron chi connectivity index (χ3n) is 4.39. The Hall–Kier alpha value is -3.33. The minimum atomic E-state index is -0.774. The quantitative estimate of drug-likeness (QED) is 0.454. The number of nitro groups is 1. The zero-order valence-corrected chi connectivity index (χ0v) is 15.0. The zero-order chi connectivity index (χ0) is 20.3. The van der Waals surface area contributed by atoms with Crippen molar-refractivity contribution < 1.29 is 28.4 Å². The molecule has 2 aromatic rings. The van der Waals surface area contributed by atoms with Crippen molar-refractivity contribution in [2.75, 3.05) is 26.8 Å². The molecule has 1 fully saturated rings. The second kappa shape index (κ2) is 8.13. The smallest absolute Gasteiger partial charge is 0.338 e. The summed E-state index contributed by atoms with van der Waals surface area (Å²) in [5.74, 6) is -1.62. The van der Waals surface area contributed by atoms with Gasteiger partial charge in [0.15, 0.2) is 0 Å². The monoisotopic (exact) mass is 388 g/mol. The SMILES string of the molecule is COC(=O)c1cc(C(=O)N2CCOC(c3ccc(F)cc3)C2)cc([N+](=O)[O-])c1. The van der Waals surface area contributed by atoms with Crippen LogP contribution in [-0.4, -0.2) is 48.5 Å². The second-order valence-electron chi connectivity index (χ2n) is 6.18. The van der Waals surface area contributed by atoms with Crippen LogP contribution in [0.4, 0.5) is 10.1 Å². The van der Waals surface area contributed by atoms with Crippen LogP contribution < -0.4 is 0 Å². The second-order valence-corrected chi connectivity index (χ2v) is 6.18. The van der Waals surface area contributed by atoms with E-state index in [4.69, 9.17) is 4.74 Å². The normalized spacial score (nSPS) is 16.5. The molecule has 0 radical (unpaired) electrons. The molecule has 0 saturated carbocycles. The topological polar surface area (TPSA) is 99.0 Å². The molecule has 1 unspecified atom stereocenters. The van der Waals surface area contributed by atoms with E-state index in [1.165, 1.54) is 23.1 Å². The predicted octanol–water partition coefficient (Wildman–Crippen LogP) is 2.73. The molecule has 0 aromatic heterocycles. The highest BCUT2D eigenvalue weighted by Crippen LogP contribution is 2.25. The van der Waals surface area contributed by atoms with E-state index < -0.39 is 22.9 Å². The average molecular weight is 388 g/mol. The molecule has 1 aliphatic heterocycles. The number of nitrogens with zero attached hydrogens (tertiary/aromatic N) is 2. The van der Waals surface area contributed by atoms with Gasteiger partial charge in [-0.25, -0.2) is 9.18 Å². The summed E-state index contributed by atoms with van der Waals surface area (Å²) in [7, 11) is 1.15. The molecular formula is C19H17FN2O6. The van der Waals surface area contributed by atoms with Gasteiger partial charge in [-0.1, -0.05) is 12.1 Å². The molecule has 9 heteroatoms. The molecule has 8 nitrogen and oxygen atoms in total. The summed E-state index contributed by atoms with van der Waals surface area (Å²) in [6.45, 7) is 0.736. The van der Waals surface area contributed by atoms with Crippen LogP contribution in [0.25, 0.3) is 0 Å². The largest absolute Gasteiger partial charge is 0.465 e. The Morgan fingerprint density at radius 3 is 2.54 bits per heavy atom. The first-order chi connectivity index (χ1) is 13.4. The highest BCUT2D eigenvalue weighted by Gasteiger charge is 2.28. The molecule has 2 aromatic carbocycles. The van der Waals surface area contributed by atoms with Crippen LogP contribution in [0.3, 0.4) is 0 Å². The molecule has 28 heavy (non-hydrogen) atoms. The fourth-order valence-electron chi connectivity index (χ4n) is 2.97. The number of halogens is 1. The van der Waals surface area contributed by atoms with Crippen molar-refractivity contribution in [2.24, 2.45) is 0 Å². The molecule has 1 aliphatic rings. The third kappa shape index (κ3) is 4.15. The number of rotatable bonds is 4. The van der Waals surface area contributed by atoms with Gasteiger partial charge in [-0.2, -0.15) is 0 Å². The van der Waals surface area contributed by atoms with Gasteiger partial charge in [0.2, 0.25) is 0 Å². The molecule has 0 bridgehead atoms. The lowest BCUT2D eigenvalue weighted by Gasteiger charge is -2.33. The lowest BCUT2D eigenvalue weighted by atomic mass is 10.1. The third-order valence-corrected chi connectivity index (χ3v) is 4.39. The van der Waals surface area contributed by atoms with E-state index >= 15 is 0 Å². The highest BCUT2D eigenvalue weighted by molar-refractivity contribution is 5.99. The van der Waals surface area contributed by atoms with E-state index in [0.717, 1.165) is 19.2 Å². The maximum Gasteiger partial charge on any atom is 0.338 e. The van der Waals surface area contributed by atoms with Crippen molar-refractivity contribution in [1.82, 2.24) is 4.90 Å². The van der Waals surface area contributed by atoms with Crippen LogP contribution in [0.2, 0.25) is 0 Å². The van der Waals surface area contributed by atoms with Gasteiger partial charge in [0, 0.05) is 24.2 Å². The molecule has 146 valence electrons. The van der Waals surface area contributed by atoms with Crippen molar-refractivity contribution in [2.45, 2.75) is 6.10 Å². The molecule has 3 rings (SSSR count). The Labute approximate surface area is 159 Å². The molecule has 1 saturated heterocycles. The maximum atomic E-state index is 13.1. The Morgan fingerprint density at radius 2 is 1.89 bits per heavy atom. The molecule has 1 heterocycles. The number of hydrogen-bond donors (Lipinski definition) is 0. The van der Waals surface area contributed by atoms with Crippen molar-refractivity contribution in [3.05, 3.63) is 75.1 Å². The fourth-order valence-corrected chi connectivity index (χ4v) is 2.97. The molecule has 0 aliphatic carbocycles. The molecular weight excluding hydrogens is 371 g/mol. The number of carbonyl (C=O) groups is 2. The Kier molecular flexibility index (Phi) is 5.65. The zero-order valence-electron chi connectivity index (χ0n) is 15.0. The lowest BCUT2D eigenvalue weighted by Crippen LogP contribution is -2.42. The lowest BCUT2D eigenvalue weighted by molar-refractivity contribution is -0.384. The number of carbonyl (C=O) groups excluding carboxylic acids is 2. The minimum Gasteiger partial charge on any atom is -0.465 e. The van der Waals surface area contributed by atoms with Gasteiger partial charge in [0.05, 0.1) is 30.7 Å². The fraction of sp³-hybridized carbons (Fsp3) is 0.263. The van der Waals surface area contributed by atoms with E-state index in [0.29, 0.717) is 5.56 Å². The van der Waals surface area contributed by atoms with Gasteiger partial charge in [0.25, 0.3) is 11.6 Å². The number of methoxy groups -OCH3 is 1. The van der Waals surface area contributed by atoms with E-state index in [-0.39, 0.29) is 42.3 Å². The van der Waals surface area contributed by atoms with Crippen LogP contribution in [-0.2, 0) is 9.47 Å². The van der Waals surface area contributed by atoms with Crippen LogP contribution >= 0.6 is 0 Å². The number of morpholine rings is 1. The van der Waals surface area contributed by atoms with Gasteiger partial charge in [-0.15, -0.1) is 0 Å². The van der Waals surface area contributed by atoms with Gasteiger partial charge in [-0.05, 0) is 23.8 Å². The van der Waals surface area contributed by atoms with Crippen LogP contribution in [0.1, 0.15) is 32.4 Å². The van der Waals surface area contributed by atoms with Gasteiger partial charge >= 0.3 is 5.97 Å². The minimum absolute atomic E-state index is 0.00866. The van der Waals surface area contributed by atoms with Gasteiger partial charge < -0.3 is 14.4 Å². The summed E-state index contributed by atoms with van der Waals surface area (Å²) in [5.41, 5.74) is 0.264. The Bertz CT molecular complexity index is 915. The summed E-state index contributed by atoms with van der Waals surface area (Å²) >= 11 is 0. The van der Waals surface area contributed by atoms with E-state index in [1.807, 2.05) is 0 Å². The van der Waals surface area contributed by atoms with Crippen molar-refractivity contribution in [3.63, 3.8) is 0 Å². The van der Waals surface area contributed by atoms with Crippen molar-refractivity contribution in [1.29, 1.82) is 0 Å². The molecule has 0 spiro atoms. The Morgan fingerprint density at radius 1 is 1.21 bits per heavy atom. The van der Waals surface area contributed by atoms with Crippen molar-refractivity contribution in [3.8, 4) is 0 Å². The van der Waals surface area contributed by atoms with Crippen LogP contribution in [0.5, 0.6) is 0 Å². The van der Waals surface area contributed by atoms with Gasteiger partial charge in [0.1, 0.15) is 11.9 Å². The summed E-state index contributed by atoms with van der Waals surface area (Å²) in [6.07, 6.45) is -0.447. The molecule has 0 N–H and O–H groups in total. The number of nitro benzene ring substituents is 1. The first-order valence-corrected chi connectivity index (χ1v) is 8.43. The number of benzene rings is 2. The predicted molar refractivity (Wildman–Crippen MR) is 95.4 cm³/mol. The average Bonchev–Trinajstić information content (AvgIpc) is 2.72. The van der Waals surface area contributed by atoms with Crippen molar-refractivity contribution >= 4 is 17.6 Å². The summed E-state index contributed by atoms with van der Waals surface area (Å²) in [5, 5.41) is 11.2. The highest BCUT2D eigenvalue weighted by atomic mass is 19.1. The van der Waals surface area contributed by atoms with E-state index in [9.17, 15) is 24.1 Å².